The molecule has 104 valence electrons. The molecule has 2 fully saturated rings. The van der Waals surface area contributed by atoms with Gasteiger partial charge < -0.3 is 10.1 Å². The van der Waals surface area contributed by atoms with E-state index in [0.29, 0.717) is 17.6 Å². The van der Waals surface area contributed by atoms with E-state index >= 15 is 0 Å². The SMILES string of the molecule is CCOC1CC(NCc2ccccc2Br)C12CCC2. The molecule has 1 aromatic rings. The van der Waals surface area contributed by atoms with Crippen molar-refractivity contribution in [3.63, 3.8) is 0 Å². The molecule has 2 aliphatic carbocycles. The van der Waals surface area contributed by atoms with Crippen molar-refractivity contribution in [2.45, 2.75) is 51.3 Å². The fourth-order valence-electron chi connectivity index (χ4n) is 3.60. The van der Waals surface area contributed by atoms with E-state index in [-0.39, 0.29) is 0 Å². The van der Waals surface area contributed by atoms with E-state index in [0.717, 1.165) is 13.2 Å². The van der Waals surface area contributed by atoms with Gasteiger partial charge in [-0.05, 0) is 37.8 Å². The molecular weight excluding hydrogens is 302 g/mol. The smallest absolute Gasteiger partial charge is 0.0661 e. The maximum absolute atomic E-state index is 5.89. The third kappa shape index (κ3) is 2.37. The molecule has 0 aromatic heterocycles. The Balaban J connectivity index is 1.58. The predicted molar refractivity (Wildman–Crippen MR) is 81.1 cm³/mol. The first kappa shape index (κ1) is 13.6. The monoisotopic (exact) mass is 323 g/mol. The zero-order chi connectivity index (χ0) is 13.3. The Labute approximate surface area is 124 Å². The lowest BCUT2D eigenvalue weighted by Crippen LogP contribution is -2.66. The van der Waals surface area contributed by atoms with Gasteiger partial charge in [0.15, 0.2) is 0 Å². The molecule has 0 radical (unpaired) electrons. The minimum atomic E-state index is 0.456. The van der Waals surface area contributed by atoms with Gasteiger partial charge in [-0.25, -0.2) is 0 Å². The van der Waals surface area contributed by atoms with E-state index in [1.54, 1.807) is 0 Å². The van der Waals surface area contributed by atoms with E-state index < -0.39 is 0 Å². The lowest BCUT2D eigenvalue weighted by molar-refractivity contribution is -0.173. The Morgan fingerprint density at radius 1 is 1.37 bits per heavy atom. The molecule has 19 heavy (non-hydrogen) atoms. The average Bonchev–Trinajstić information content (AvgIpc) is 2.32. The largest absolute Gasteiger partial charge is 0.378 e. The van der Waals surface area contributed by atoms with E-state index in [4.69, 9.17) is 4.74 Å². The fourth-order valence-corrected chi connectivity index (χ4v) is 4.02. The van der Waals surface area contributed by atoms with E-state index in [9.17, 15) is 0 Å². The summed E-state index contributed by atoms with van der Waals surface area (Å²) in [7, 11) is 0. The van der Waals surface area contributed by atoms with Crippen LogP contribution in [0, 0.1) is 5.41 Å². The van der Waals surface area contributed by atoms with Crippen LogP contribution in [0.15, 0.2) is 28.7 Å². The predicted octanol–water partition coefficient (Wildman–Crippen LogP) is 3.89. The molecule has 2 nitrogen and oxygen atoms in total. The first-order chi connectivity index (χ1) is 9.26. The summed E-state index contributed by atoms with van der Waals surface area (Å²) in [6.45, 7) is 3.91. The molecule has 0 bridgehead atoms. The van der Waals surface area contributed by atoms with Gasteiger partial charge in [-0.3, -0.25) is 0 Å². The van der Waals surface area contributed by atoms with Crippen LogP contribution < -0.4 is 5.32 Å². The van der Waals surface area contributed by atoms with Crippen LogP contribution >= 0.6 is 15.9 Å². The second kappa shape index (κ2) is 5.55. The second-order valence-electron chi connectivity index (χ2n) is 5.79. The van der Waals surface area contributed by atoms with Crippen molar-refractivity contribution in [2.75, 3.05) is 6.61 Å². The third-order valence-electron chi connectivity index (χ3n) is 4.93. The van der Waals surface area contributed by atoms with Crippen molar-refractivity contribution < 1.29 is 4.74 Å². The maximum atomic E-state index is 5.89. The molecule has 0 saturated heterocycles. The number of benzene rings is 1. The van der Waals surface area contributed by atoms with Gasteiger partial charge in [0.05, 0.1) is 6.10 Å². The molecule has 0 aliphatic heterocycles. The van der Waals surface area contributed by atoms with Crippen molar-refractivity contribution >= 4 is 15.9 Å². The van der Waals surface area contributed by atoms with Crippen LogP contribution in [0.5, 0.6) is 0 Å². The summed E-state index contributed by atoms with van der Waals surface area (Å²) >= 11 is 3.62. The topological polar surface area (TPSA) is 21.3 Å². The molecular formula is C16H22BrNO. The number of ether oxygens (including phenoxy) is 1. The molecule has 3 rings (SSSR count). The summed E-state index contributed by atoms with van der Waals surface area (Å²) in [5, 5.41) is 3.75. The molecule has 1 aromatic carbocycles. The Kier molecular flexibility index (Phi) is 3.97. The molecule has 2 aliphatic rings. The molecule has 1 spiro atoms. The highest BCUT2D eigenvalue weighted by Crippen LogP contribution is 2.57. The van der Waals surface area contributed by atoms with Crippen LogP contribution in [0.2, 0.25) is 0 Å². The molecule has 3 heteroatoms. The normalized spacial score (nSPS) is 27.9. The number of nitrogens with one attached hydrogen (secondary N) is 1. The van der Waals surface area contributed by atoms with Gasteiger partial charge in [-0.1, -0.05) is 40.5 Å². The molecule has 2 saturated carbocycles. The van der Waals surface area contributed by atoms with E-state index in [2.05, 4.69) is 52.4 Å². The van der Waals surface area contributed by atoms with Crippen molar-refractivity contribution in [1.82, 2.24) is 5.32 Å². The van der Waals surface area contributed by atoms with Gasteiger partial charge in [0, 0.05) is 29.1 Å². The fraction of sp³-hybridized carbons (Fsp3) is 0.625. The minimum absolute atomic E-state index is 0.456. The standard InChI is InChI=1S/C16H22BrNO/c1-2-19-15-10-14(16(15)8-5-9-16)18-11-12-6-3-4-7-13(12)17/h3-4,6-7,14-15,18H,2,5,8-11H2,1H3. The quantitative estimate of drug-likeness (QED) is 0.887. The summed E-state index contributed by atoms with van der Waals surface area (Å²) in [4.78, 5) is 0. The third-order valence-corrected chi connectivity index (χ3v) is 5.71. The minimum Gasteiger partial charge on any atom is -0.378 e. The number of hydrogen-bond donors (Lipinski definition) is 1. The van der Waals surface area contributed by atoms with E-state index in [1.807, 2.05) is 0 Å². The van der Waals surface area contributed by atoms with Gasteiger partial charge in [0.1, 0.15) is 0 Å². The van der Waals surface area contributed by atoms with Crippen LogP contribution in [0.3, 0.4) is 0 Å². The summed E-state index contributed by atoms with van der Waals surface area (Å²) in [5.74, 6) is 0. The Morgan fingerprint density at radius 2 is 2.16 bits per heavy atom. The second-order valence-corrected chi connectivity index (χ2v) is 6.65. The van der Waals surface area contributed by atoms with Crippen LogP contribution in [0.4, 0.5) is 0 Å². The van der Waals surface area contributed by atoms with Crippen molar-refractivity contribution in [3.8, 4) is 0 Å². The lowest BCUT2D eigenvalue weighted by atomic mass is 9.51. The summed E-state index contributed by atoms with van der Waals surface area (Å²) in [6.07, 6.45) is 5.73. The van der Waals surface area contributed by atoms with Crippen LogP contribution in [0.25, 0.3) is 0 Å². The van der Waals surface area contributed by atoms with Gasteiger partial charge in [0.25, 0.3) is 0 Å². The van der Waals surface area contributed by atoms with Crippen LogP contribution in [0.1, 0.15) is 38.2 Å². The highest BCUT2D eigenvalue weighted by Gasteiger charge is 2.58. The summed E-state index contributed by atoms with van der Waals surface area (Å²) in [6, 6.07) is 9.10. The average molecular weight is 324 g/mol. The molecule has 1 N–H and O–H groups in total. The Hall–Kier alpha value is -0.380. The number of halogens is 1. The van der Waals surface area contributed by atoms with Gasteiger partial charge >= 0.3 is 0 Å². The zero-order valence-electron chi connectivity index (χ0n) is 11.5. The Morgan fingerprint density at radius 3 is 2.79 bits per heavy atom. The number of hydrogen-bond acceptors (Lipinski definition) is 2. The van der Waals surface area contributed by atoms with Crippen LogP contribution in [-0.4, -0.2) is 18.8 Å². The van der Waals surface area contributed by atoms with Gasteiger partial charge in [-0.2, -0.15) is 0 Å². The van der Waals surface area contributed by atoms with E-state index in [1.165, 1.54) is 35.7 Å². The highest BCUT2D eigenvalue weighted by molar-refractivity contribution is 9.10. The molecule has 2 unspecified atom stereocenters. The first-order valence-corrected chi connectivity index (χ1v) is 8.14. The van der Waals surface area contributed by atoms with Gasteiger partial charge in [0.2, 0.25) is 0 Å². The summed E-state index contributed by atoms with van der Waals surface area (Å²) in [5.41, 5.74) is 1.80. The first-order valence-electron chi connectivity index (χ1n) is 7.34. The van der Waals surface area contributed by atoms with Crippen molar-refractivity contribution in [3.05, 3.63) is 34.3 Å². The lowest BCUT2D eigenvalue weighted by Gasteiger charge is -2.61. The number of rotatable bonds is 5. The summed E-state index contributed by atoms with van der Waals surface area (Å²) < 4.78 is 7.09. The molecule has 0 amide bonds. The maximum Gasteiger partial charge on any atom is 0.0661 e. The highest BCUT2D eigenvalue weighted by atomic mass is 79.9. The zero-order valence-corrected chi connectivity index (χ0v) is 13.1. The molecule has 2 atom stereocenters. The van der Waals surface area contributed by atoms with Crippen molar-refractivity contribution in [2.24, 2.45) is 5.41 Å². The Bertz CT molecular complexity index is 444. The molecule has 0 heterocycles. The van der Waals surface area contributed by atoms with Crippen LogP contribution in [-0.2, 0) is 11.3 Å². The van der Waals surface area contributed by atoms with Gasteiger partial charge in [-0.15, -0.1) is 0 Å². The van der Waals surface area contributed by atoms with Crippen molar-refractivity contribution in [1.29, 1.82) is 0 Å².